The molecule has 0 fully saturated rings. The highest BCUT2D eigenvalue weighted by atomic mass is 16.5. The first-order chi connectivity index (χ1) is 13.3. The monoisotopic (exact) mass is 356 g/mol. The second-order valence-electron chi connectivity index (χ2n) is 6.71. The van der Waals surface area contributed by atoms with Crippen LogP contribution in [0.4, 0.5) is 5.69 Å². The normalized spacial score (nSPS) is 14.4. The molecule has 4 rings (SSSR count). The number of benzene rings is 3. The summed E-state index contributed by atoms with van der Waals surface area (Å²) in [5, 5.41) is 0. The van der Waals surface area contributed by atoms with E-state index in [2.05, 4.69) is 71.6 Å². The first-order valence-electron chi connectivity index (χ1n) is 9.47. The van der Waals surface area contributed by atoms with Crippen molar-refractivity contribution >= 4 is 11.5 Å². The van der Waals surface area contributed by atoms with Crippen molar-refractivity contribution in [3.63, 3.8) is 0 Å². The highest BCUT2D eigenvalue weighted by Crippen LogP contribution is 2.27. The molecule has 0 atom stereocenters. The Morgan fingerprint density at radius 3 is 2.07 bits per heavy atom. The van der Waals surface area contributed by atoms with Crippen LogP contribution in [0.3, 0.4) is 0 Å². The number of nitrogens with zero attached hydrogens (tertiary/aromatic N) is 2. The number of ether oxygens (including phenoxy) is 1. The second kappa shape index (κ2) is 8.09. The quantitative estimate of drug-likeness (QED) is 0.624. The van der Waals surface area contributed by atoms with Crippen molar-refractivity contribution in [1.82, 2.24) is 0 Å². The van der Waals surface area contributed by atoms with E-state index >= 15 is 0 Å². The van der Waals surface area contributed by atoms with E-state index in [0.717, 1.165) is 37.5 Å². The van der Waals surface area contributed by atoms with E-state index in [4.69, 9.17) is 9.73 Å². The molecule has 0 saturated carbocycles. The number of hydrogen-bond acceptors (Lipinski definition) is 3. The molecule has 0 aromatic heterocycles. The third-order valence-electron chi connectivity index (χ3n) is 4.94. The molecule has 0 saturated heterocycles. The van der Waals surface area contributed by atoms with Crippen LogP contribution in [0, 0.1) is 0 Å². The zero-order valence-electron chi connectivity index (χ0n) is 15.6. The third-order valence-corrected chi connectivity index (χ3v) is 4.94. The van der Waals surface area contributed by atoms with E-state index in [1.54, 1.807) is 7.11 Å². The molecule has 0 unspecified atom stereocenters. The summed E-state index contributed by atoms with van der Waals surface area (Å²) in [5.41, 5.74) is 4.76. The van der Waals surface area contributed by atoms with Crippen molar-refractivity contribution in [2.24, 2.45) is 4.99 Å². The molecule has 3 heteroatoms. The lowest BCUT2D eigenvalue weighted by atomic mass is 10.0. The van der Waals surface area contributed by atoms with E-state index in [9.17, 15) is 0 Å². The third kappa shape index (κ3) is 3.87. The van der Waals surface area contributed by atoms with Crippen LogP contribution in [0.5, 0.6) is 5.75 Å². The van der Waals surface area contributed by atoms with Crippen molar-refractivity contribution < 1.29 is 4.74 Å². The Labute approximate surface area is 160 Å². The number of anilines is 1. The Morgan fingerprint density at radius 2 is 1.41 bits per heavy atom. The van der Waals surface area contributed by atoms with Gasteiger partial charge in [-0.2, -0.15) is 0 Å². The van der Waals surface area contributed by atoms with Crippen LogP contribution < -0.4 is 9.64 Å². The minimum absolute atomic E-state index is 0.878. The van der Waals surface area contributed by atoms with Crippen molar-refractivity contribution in [3.05, 3.63) is 84.4 Å². The molecule has 0 amide bonds. The van der Waals surface area contributed by atoms with Gasteiger partial charge < -0.3 is 9.64 Å². The molecule has 27 heavy (non-hydrogen) atoms. The number of amidine groups is 1. The van der Waals surface area contributed by atoms with Crippen LogP contribution in [0.15, 0.2) is 83.9 Å². The summed E-state index contributed by atoms with van der Waals surface area (Å²) in [6.07, 6.45) is 2.29. The van der Waals surface area contributed by atoms with Gasteiger partial charge in [0.05, 0.1) is 7.11 Å². The summed E-state index contributed by atoms with van der Waals surface area (Å²) in [7, 11) is 1.69. The predicted octanol–water partition coefficient (Wildman–Crippen LogP) is 5.41. The van der Waals surface area contributed by atoms with Crippen LogP contribution in [0.1, 0.15) is 18.4 Å². The Hall–Kier alpha value is -3.07. The van der Waals surface area contributed by atoms with Gasteiger partial charge in [-0.3, -0.25) is 4.99 Å². The van der Waals surface area contributed by atoms with Gasteiger partial charge in [-0.05, 0) is 48.2 Å². The fourth-order valence-electron chi connectivity index (χ4n) is 3.46. The number of methoxy groups -OCH3 is 1. The Balaban J connectivity index is 1.63. The van der Waals surface area contributed by atoms with E-state index in [1.165, 1.54) is 22.4 Å². The molecular formula is C24H24N2O. The molecule has 0 bridgehead atoms. The van der Waals surface area contributed by atoms with Gasteiger partial charge in [-0.15, -0.1) is 0 Å². The van der Waals surface area contributed by atoms with Crippen LogP contribution in [0.2, 0.25) is 0 Å². The van der Waals surface area contributed by atoms with Crippen molar-refractivity contribution in [3.8, 4) is 16.9 Å². The van der Waals surface area contributed by atoms with Gasteiger partial charge in [-0.1, -0.05) is 54.6 Å². The molecule has 136 valence electrons. The van der Waals surface area contributed by atoms with E-state index < -0.39 is 0 Å². The first-order valence-corrected chi connectivity index (χ1v) is 9.47. The lowest BCUT2D eigenvalue weighted by molar-refractivity contribution is 0.415. The Kier molecular flexibility index (Phi) is 5.20. The zero-order valence-corrected chi connectivity index (χ0v) is 15.6. The maximum Gasteiger partial charge on any atom is 0.135 e. The van der Waals surface area contributed by atoms with Crippen LogP contribution in [-0.2, 0) is 0 Å². The van der Waals surface area contributed by atoms with Crippen molar-refractivity contribution in [1.29, 1.82) is 0 Å². The summed E-state index contributed by atoms with van der Waals surface area (Å²) in [6, 6.07) is 27.4. The summed E-state index contributed by atoms with van der Waals surface area (Å²) in [6.45, 7) is 1.89. The van der Waals surface area contributed by atoms with Gasteiger partial charge in [0, 0.05) is 24.3 Å². The van der Waals surface area contributed by atoms with Crippen LogP contribution in [0.25, 0.3) is 11.1 Å². The summed E-state index contributed by atoms with van der Waals surface area (Å²) in [4.78, 5) is 7.23. The van der Waals surface area contributed by atoms with Gasteiger partial charge in [0.25, 0.3) is 0 Å². The fourth-order valence-corrected chi connectivity index (χ4v) is 3.46. The summed E-state index contributed by atoms with van der Waals surface area (Å²) < 4.78 is 5.25. The molecule has 1 heterocycles. The Morgan fingerprint density at radius 1 is 0.741 bits per heavy atom. The topological polar surface area (TPSA) is 24.8 Å². The molecular weight excluding hydrogens is 332 g/mol. The highest BCUT2D eigenvalue weighted by molar-refractivity contribution is 6.10. The second-order valence-corrected chi connectivity index (χ2v) is 6.71. The Bertz CT molecular complexity index is 899. The van der Waals surface area contributed by atoms with Crippen molar-refractivity contribution in [2.75, 3.05) is 25.1 Å². The smallest absolute Gasteiger partial charge is 0.135 e. The first kappa shape index (κ1) is 17.3. The van der Waals surface area contributed by atoms with Gasteiger partial charge in [-0.25, -0.2) is 0 Å². The minimum Gasteiger partial charge on any atom is -0.497 e. The van der Waals surface area contributed by atoms with Gasteiger partial charge in [0.2, 0.25) is 0 Å². The maximum absolute atomic E-state index is 5.25. The maximum atomic E-state index is 5.25. The molecule has 0 N–H and O–H groups in total. The molecule has 0 radical (unpaired) electrons. The standard InChI is InChI=1S/C24H24N2O/c1-27-23-15-11-20(12-16-23)19-9-13-22(14-10-19)26-18-6-5-17-25-24(26)21-7-3-2-4-8-21/h2-4,7-16H,5-6,17-18H2,1H3. The lowest BCUT2D eigenvalue weighted by Crippen LogP contribution is -2.31. The summed E-state index contributed by atoms with van der Waals surface area (Å²) >= 11 is 0. The van der Waals surface area contributed by atoms with Gasteiger partial charge in [0.1, 0.15) is 11.6 Å². The van der Waals surface area contributed by atoms with E-state index in [0.29, 0.717) is 0 Å². The molecule has 3 nitrogen and oxygen atoms in total. The number of aliphatic imine (C=N–C) groups is 1. The molecule has 0 aliphatic carbocycles. The predicted molar refractivity (Wildman–Crippen MR) is 113 cm³/mol. The zero-order chi connectivity index (χ0) is 18.5. The molecule has 3 aromatic carbocycles. The number of rotatable bonds is 4. The lowest BCUT2D eigenvalue weighted by Gasteiger charge is -2.25. The van der Waals surface area contributed by atoms with Gasteiger partial charge >= 0.3 is 0 Å². The van der Waals surface area contributed by atoms with Crippen LogP contribution in [-0.4, -0.2) is 26.0 Å². The number of hydrogen-bond donors (Lipinski definition) is 0. The summed E-state index contributed by atoms with van der Waals surface area (Å²) in [5.74, 6) is 1.95. The molecule has 1 aliphatic rings. The van der Waals surface area contributed by atoms with E-state index in [-0.39, 0.29) is 0 Å². The minimum atomic E-state index is 0.878. The van der Waals surface area contributed by atoms with Crippen molar-refractivity contribution in [2.45, 2.75) is 12.8 Å². The van der Waals surface area contributed by atoms with E-state index in [1.807, 2.05) is 12.1 Å². The molecule has 1 aliphatic heterocycles. The molecule has 0 spiro atoms. The fraction of sp³-hybridized carbons (Fsp3) is 0.208. The molecule has 3 aromatic rings. The average molecular weight is 356 g/mol. The highest BCUT2D eigenvalue weighted by Gasteiger charge is 2.17. The van der Waals surface area contributed by atoms with Crippen LogP contribution >= 0.6 is 0 Å². The SMILES string of the molecule is COc1ccc(-c2ccc(N3CCCCN=C3c3ccccc3)cc2)cc1. The van der Waals surface area contributed by atoms with Gasteiger partial charge in [0.15, 0.2) is 0 Å². The average Bonchev–Trinajstić information content (AvgIpc) is 3.01. The largest absolute Gasteiger partial charge is 0.497 e.